The molecule has 142 valence electrons. The zero-order valence-corrected chi connectivity index (χ0v) is 16.3. The van der Waals surface area contributed by atoms with Gasteiger partial charge < -0.3 is 5.32 Å². The second-order valence-electron chi connectivity index (χ2n) is 6.36. The van der Waals surface area contributed by atoms with Crippen molar-refractivity contribution in [3.63, 3.8) is 0 Å². The van der Waals surface area contributed by atoms with E-state index in [1.165, 1.54) is 6.20 Å². The summed E-state index contributed by atoms with van der Waals surface area (Å²) in [5, 5.41) is 16.6. The van der Waals surface area contributed by atoms with Crippen LogP contribution in [-0.2, 0) is 7.05 Å². The third-order valence-corrected chi connectivity index (χ3v) is 4.57. The van der Waals surface area contributed by atoms with Gasteiger partial charge in [0.15, 0.2) is 5.78 Å². The van der Waals surface area contributed by atoms with E-state index in [1.54, 1.807) is 35.1 Å². The van der Waals surface area contributed by atoms with Crippen molar-refractivity contribution >= 4 is 29.0 Å². The molecule has 0 aliphatic rings. The van der Waals surface area contributed by atoms with E-state index in [4.69, 9.17) is 16.9 Å². The van der Waals surface area contributed by atoms with Gasteiger partial charge in [-0.05, 0) is 6.42 Å². The van der Waals surface area contributed by atoms with Crippen LogP contribution in [0.3, 0.4) is 0 Å². The van der Waals surface area contributed by atoms with Gasteiger partial charge in [0.05, 0.1) is 40.8 Å². The van der Waals surface area contributed by atoms with Gasteiger partial charge in [0.2, 0.25) is 5.95 Å². The maximum atomic E-state index is 12.3. The molecule has 8 heteroatoms. The Morgan fingerprint density at radius 2 is 2.07 bits per heavy atom. The van der Waals surface area contributed by atoms with Crippen LogP contribution in [0.1, 0.15) is 30.1 Å². The first-order valence-corrected chi connectivity index (χ1v) is 9.19. The minimum Gasteiger partial charge on any atom is -0.321 e. The molecule has 0 bridgehead atoms. The number of ketones is 1. The van der Waals surface area contributed by atoms with Gasteiger partial charge in [0, 0.05) is 30.8 Å². The van der Waals surface area contributed by atoms with Crippen LogP contribution in [0.25, 0.3) is 11.3 Å². The maximum absolute atomic E-state index is 12.3. The summed E-state index contributed by atoms with van der Waals surface area (Å²) in [5.74, 6) is 0.0876. The summed E-state index contributed by atoms with van der Waals surface area (Å²) in [7, 11) is 1.82. The van der Waals surface area contributed by atoms with E-state index in [-0.39, 0.29) is 18.1 Å². The third kappa shape index (κ3) is 4.53. The summed E-state index contributed by atoms with van der Waals surface area (Å²) in [6.07, 6.45) is 5.88. The molecule has 3 aromatic rings. The lowest BCUT2D eigenvalue weighted by atomic mass is 9.96. The normalized spacial score (nSPS) is 11.6. The van der Waals surface area contributed by atoms with E-state index in [0.717, 1.165) is 11.3 Å². The average molecular weight is 395 g/mol. The lowest BCUT2D eigenvalue weighted by Gasteiger charge is -2.09. The number of aryl methyl sites for hydroxylation is 1. The standard InChI is InChI=1S/C20H19ClN6O/c1-3-13(9-22)8-18(28)14-4-6-15(7-5-14)19-17(21)11-23-20(26-19)25-16-10-24-27(2)12-16/h4-7,10-13H,3,8H2,1-2H3,(H,23,25,26)/t13-/m1/s1. The number of aromatic nitrogens is 4. The molecule has 0 unspecified atom stereocenters. The van der Waals surface area contributed by atoms with Crippen molar-refractivity contribution in [1.82, 2.24) is 19.7 Å². The van der Waals surface area contributed by atoms with Gasteiger partial charge in [-0.15, -0.1) is 0 Å². The number of halogens is 1. The summed E-state index contributed by atoms with van der Waals surface area (Å²) in [6, 6.07) is 9.21. The quantitative estimate of drug-likeness (QED) is 0.596. The average Bonchev–Trinajstić information content (AvgIpc) is 3.12. The number of Topliss-reactive ketones (excluding diaryl/α,β-unsaturated/α-hetero) is 1. The molecule has 0 fully saturated rings. The van der Waals surface area contributed by atoms with Crippen molar-refractivity contribution in [3.05, 3.63) is 53.4 Å². The van der Waals surface area contributed by atoms with Crippen LogP contribution in [0.15, 0.2) is 42.9 Å². The Kier molecular flexibility index (Phi) is 6.02. The SMILES string of the molecule is CC[C@@H](C#N)CC(=O)c1ccc(-c2nc(Nc3cnn(C)c3)ncc2Cl)cc1. The summed E-state index contributed by atoms with van der Waals surface area (Å²) in [6.45, 7) is 1.90. The number of nitrogens with one attached hydrogen (secondary N) is 1. The fraction of sp³-hybridized carbons (Fsp3) is 0.250. The Balaban J connectivity index is 1.80. The first kappa shape index (κ1) is 19.5. The van der Waals surface area contributed by atoms with Gasteiger partial charge in [-0.25, -0.2) is 9.97 Å². The van der Waals surface area contributed by atoms with E-state index >= 15 is 0 Å². The highest BCUT2D eigenvalue weighted by atomic mass is 35.5. The molecule has 28 heavy (non-hydrogen) atoms. The van der Waals surface area contributed by atoms with Crippen LogP contribution >= 0.6 is 11.6 Å². The maximum Gasteiger partial charge on any atom is 0.227 e. The van der Waals surface area contributed by atoms with Crippen molar-refractivity contribution < 1.29 is 4.79 Å². The Labute approximate surface area is 168 Å². The second kappa shape index (κ2) is 8.63. The van der Waals surface area contributed by atoms with Gasteiger partial charge >= 0.3 is 0 Å². The van der Waals surface area contributed by atoms with E-state index in [2.05, 4.69) is 26.5 Å². The molecule has 1 aromatic carbocycles. The van der Waals surface area contributed by atoms with Crippen LogP contribution < -0.4 is 5.32 Å². The molecule has 3 rings (SSSR count). The van der Waals surface area contributed by atoms with E-state index in [9.17, 15) is 4.79 Å². The van der Waals surface area contributed by atoms with Crippen molar-refractivity contribution in [1.29, 1.82) is 5.26 Å². The molecule has 2 heterocycles. The van der Waals surface area contributed by atoms with Crippen LogP contribution in [0, 0.1) is 17.2 Å². The molecule has 0 aliphatic heterocycles. The molecule has 0 saturated carbocycles. The molecule has 2 aromatic heterocycles. The number of hydrogen-bond donors (Lipinski definition) is 1. The van der Waals surface area contributed by atoms with Crippen LogP contribution in [0.5, 0.6) is 0 Å². The van der Waals surface area contributed by atoms with Gasteiger partial charge in [-0.2, -0.15) is 10.4 Å². The lowest BCUT2D eigenvalue weighted by molar-refractivity contribution is 0.0969. The Hall–Kier alpha value is -3.24. The number of anilines is 2. The highest BCUT2D eigenvalue weighted by molar-refractivity contribution is 6.32. The zero-order chi connectivity index (χ0) is 20.1. The highest BCUT2D eigenvalue weighted by Crippen LogP contribution is 2.27. The van der Waals surface area contributed by atoms with Crippen molar-refractivity contribution in [3.8, 4) is 17.3 Å². The number of benzene rings is 1. The molecule has 0 spiro atoms. The fourth-order valence-electron chi connectivity index (χ4n) is 2.68. The van der Waals surface area contributed by atoms with Crippen LogP contribution in [0.4, 0.5) is 11.6 Å². The number of hydrogen-bond acceptors (Lipinski definition) is 6. The largest absolute Gasteiger partial charge is 0.321 e. The Morgan fingerprint density at radius 3 is 2.68 bits per heavy atom. The van der Waals surface area contributed by atoms with Crippen molar-refractivity contribution in [2.45, 2.75) is 19.8 Å². The van der Waals surface area contributed by atoms with Crippen LogP contribution in [0.2, 0.25) is 5.02 Å². The number of nitrogens with zero attached hydrogens (tertiary/aromatic N) is 5. The number of nitriles is 1. The number of carbonyl (C=O) groups excluding carboxylic acids is 1. The molecule has 7 nitrogen and oxygen atoms in total. The molecular weight excluding hydrogens is 376 g/mol. The molecule has 0 amide bonds. The van der Waals surface area contributed by atoms with Crippen molar-refractivity contribution in [2.75, 3.05) is 5.32 Å². The van der Waals surface area contributed by atoms with Gasteiger partial charge in [0.1, 0.15) is 0 Å². The van der Waals surface area contributed by atoms with Crippen molar-refractivity contribution in [2.24, 2.45) is 13.0 Å². The van der Waals surface area contributed by atoms with Gasteiger partial charge in [-0.1, -0.05) is 42.8 Å². The number of carbonyl (C=O) groups is 1. The molecule has 0 aliphatic carbocycles. The lowest BCUT2D eigenvalue weighted by Crippen LogP contribution is -2.06. The fourth-order valence-corrected chi connectivity index (χ4v) is 2.88. The van der Waals surface area contributed by atoms with Gasteiger partial charge in [-0.3, -0.25) is 9.48 Å². The number of rotatable bonds is 7. The monoisotopic (exact) mass is 394 g/mol. The molecular formula is C20H19ClN6O. The highest BCUT2D eigenvalue weighted by Gasteiger charge is 2.14. The predicted molar refractivity (Wildman–Crippen MR) is 107 cm³/mol. The minimum absolute atomic E-state index is 0.0485. The first-order chi connectivity index (χ1) is 13.5. The van der Waals surface area contributed by atoms with Crippen LogP contribution in [-0.4, -0.2) is 25.5 Å². The topological polar surface area (TPSA) is 96.5 Å². The summed E-state index contributed by atoms with van der Waals surface area (Å²) < 4.78 is 1.67. The molecule has 1 atom stereocenters. The van der Waals surface area contributed by atoms with E-state index in [1.807, 2.05) is 20.2 Å². The summed E-state index contributed by atoms with van der Waals surface area (Å²) in [4.78, 5) is 21.0. The van der Waals surface area contributed by atoms with E-state index in [0.29, 0.717) is 28.6 Å². The molecule has 1 N–H and O–H groups in total. The summed E-state index contributed by atoms with van der Waals surface area (Å²) in [5.41, 5.74) is 2.66. The van der Waals surface area contributed by atoms with E-state index < -0.39 is 0 Å². The first-order valence-electron chi connectivity index (χ1n) is 8.81. The molecule has 0 radical (unpaired) electrons. The third-order valence-electron chi connectivity index (χ3n) is 4.29. The van der Waals surface area contributed by atoms with Gasteiger partial charge in [0.25, 0.3) is 0 Å². The predicted octanol–water partition coefficient (Wildman–Crippen LogP) is 4.40. The zero-order valence-electron chi connectivity index (χ0n) is 15.6. The Morgan fingerprint density at radius 1 is 1.32 bits per heavy atom. The Bertz CT molecular complexity index is 1020. The molecule has 0 saturated heterocycles. The minimum atomic E-state index is -0.260. The second-order valence-corrected chi connectivity index (χ2v) is 6.76. The smallest absolute Gasteiger partial charge is 0.227 e. The summed E-state index contributed by atoms with van der Waals surface area (Å²) >= 11 is 6.27.